The lowest BCUT2D eigenvalue weighted by Gasteiger charge is -2.16. The maximum absolute atomic E-state index is 11.5. The van der Waals surface area contributed by atoms with E-state index in [1.54, 1.807) is 18.5 Å². The van der Waals surface area contributed by atoms with Crippen molar-refractivity contribution >= 4 is 46.6 Å². The molecule has 0 aromatic carbocycles. The van der Waals surface area contributed by atoms with Crippen molar-refractivity contribution in [3.8, 4) is 0 Å². The summed E-state index contributed by atoms with van der Waals surface area (Å²) in [5.41, 5.74) is 0.861. The quantitative estimate of drug-likeness (QED) is 0.134. The monoisotopic (exact) mass is 562 g/mol. The molecular formula is C13H21N6O13P3+2. The zero-order valence-electron chi connectivity index (χ0n) is 17.8. The highest BCUT2D eigenvalue weighted by atomic mass is 31.3. The van der Waals surface area contributed by atoms with Gasteiger partial charge in [0.1, 0.15) is 24.9 Å². The summed E-state index contributed by atoms with van der Waals surface area (Å²) in [6.45, 7) is 0.837. The number of aromatic nitrogens is 4. The first kappa shape index (κ1) is 26.5. The Bertz CT molecular complexity index is 1270. The fraction of sp³-hybridized carbons (Fsp3) is 0.538. The molecular weight excluding hydrogens is 541 g/mol. The van der Waals surface area contributed by atoms with Crippen LogP contribution in [0.2, 0.25) is 0 Å². The van der Waals surface area contributed by atoms with Crippen LogP contribution < -0.4 is 9.58 Å². The first-order chi connectivity index (χ1) is 16.1. The topological polar surface area (TPSA) is 263 Å². The Labute approximate surface area is 195 Å². The molecule has 22 heteroatoms. The molecule has 2 aromatic rings. The summed E-state index contributed by atoms with van der Waals surface area (Å²) in [6.07, 6.45) is -3.07. The molecule has 4 rings (SSSR count). The Balaban J connectivity index is 1.51. The molecule has 2 aromatic heterocycles. The highest BCUT2D eigenvalue weighted by Crippen LogP contribution is 2.69. The standard InChI is InChI=1S/C13H19N6O13P3/c1-6-16-17(2)11-8-12(15-4-14-11)19(5-18(6)8)13-10(21)9(20)7(30-13)3-29-34(25,26)32-35(27,28)31-33(22,23)24/h4-5,7,9-10,13,20-21,25-26H,3H2,1-2H3,(H-2,22,23,24,27,28)/p+2. The van der Waals surface area contributed by atoms with Crippen LogP contribution in [0.15, 0.2) is 17.8 Å². The van der Waals surface area contributed by atoms with E-state index in [9.17, 15) is 34.0 Å². The Morgan fingerprint density at radius 1 is 1.20 bits per heavy atom. The van der Waals surface area contributed by atoms with E-state index in [1.165, 1.54) is 22.2 Å². The van der Waals surface area contributed by atoms with Gasteiger partial charge in [0, 0.05) is 14.0 Å². The van der Waals surface area contributed by atoms with E-state index in [2.05, 4.69) is 28.2 Å². The van der Waals surface area contributed by atoms with E-state index < -0.39 is 55.0 Å². The summed E-state index contributed by atoms with van der Waals surface area (Å²) in [4.78, 5) is 54.3. The predicted octanol–water partition coefficient (Wildman–Crippen LogP) is -2.13. The molecule has 0 radical (unpaired) electrons. The summed E-state index contributed by atoms with van der Waals surface area (Å²) < 4.78 is 42.9. The summed E-state index contributed by atoms with van der Waals surface area (Å²) in [6, 6.07) is 0. The van der Waals surface area contributed by atoms with Crippen molar-refractivity contribution in [3.05, 3.63) is 12.7 Å². The van der Waals surface area contributed by atoms with Crippen LogP contribution in [0, 0.1) is 0 Å². The number of hydrazone groups is 1. The van der Waals surface area contributed by atoms with Gasteiger partial charge in [-0.25, -0.2) is 23.3 Å². The zero-order valence-corrected chi connectivity index (χ0v) is 20.5. The molecule has 2 aliphatic rings. The zero-order chi connectivity index (χ0) is 25.9. The van der Waals surface area contributed by atoms with E-state index in [0.29, 0.717) is 22.8 Å². The van der Waals surface area contributed by atoms with Gasteiger partial charge in [-0.05, 0) is 4.31 Å². The fourth-order valence-corrected chi connectivity index (χ4v) is 6.63. The summed E-state index contributed by atoms with van der Waals surface area (Å²) in [5, 5.41) is 26.8. The van der Waals surface area contributed by atoms with E-state index >= 15 is 0 Å². The number of nitrogens with zero attached hydrogens (tertiary/aromatic N) is 6. The number of imidazole rings is 1. The maximum atomic E-state index is 11.5. The van der Waals surface area contributed by atoms with Gasteiger partial charge in [-0.1, -0.05) is 4.98 Å². The molecule has 0 spiro atoms. The van der Waals surface area contributed by atoms with Gasteiger partial charge in [0.15, 0.2) is 24.3 Å². The molecule has 35 heavy (non-hydrogen) atoms. The molecule has 5 unspecified atom stereocenters. The van der Waals surface area contributed by atoms with Crippen LogP contribution in [0.1, 0.15) is 13.2 Å². The lowest BCUT2D eigenvalue weighted by atomic mass is 10.1. The van der Waals surface area contributed by atoms with Crippen LogP contribution in [0.4, 0.5) is 5.82 Å². The highest BCUT2D eigenvalue weighted by molar-refractivity contribution is 7.68. The molecule has 0 aliphatic carbocycles. The first-order valence-corrected chi connectivity index (χ1v) is 14.0. The van der Waals surface area contributed by atoms with Gasteiger partial charge in [-0.2, -0.15) is 23.6 Å². The average Bonchev–Trinajstić information content (AvgIpc) is 3.21. The normalized spacial score (nSPS) is 26.8. The van der Waals surface area contributed by atoms with Gasteiger partial charge in [-0.3, -0.25) is 4.89 Å². The van der Waals surface area contributed by atoms with E-state index in [-0.39, 0.29) is 0 Å². The predicted molar refractivity (Wildman–Crippen MR) is 112 cm³/mol. The van der Waals surface area contributed by atoms with Crippen LogP contribution in [-0.2, 0) is 27.0 Å². The second-order valence-electron chi connectivity index (χ2n) is 7.39. The summed E-state index contributed by atoms with van der Waals surface area (Å²) in [7, 11) is -14.7. The number of hydrogen-bond acceptors (Lipinski definition) is 14. The first-order valence-electron chi connectivity index (χ1n) is 9.47. The maximum Gasteiger partial charge on any atom is 0.580 e. The van der Waals surface area contributed by atoms with Crippen molar-refractivity contribution in [2.45, 2.75) is 31.5 Å². The highest BCUT2D eigenvalue weighted by Gasteiger charge is 2.54. The van der Waals surface area contributed by atoms with Crippen molar-refractivity contribution in [3.63, 3.8) is 0 Å². The summed E-state index contributed by atoms with van der Waals surface area (Å²) in [5.74, 6) is 1.01. The molecule has 5 atom stereocenters. The van der Waals surface area contributed by atoms with Gasteiger partial charge in [0.05, 0.1) is 0 Å². The molecule has 19 nitrogen and oxygen atoms in total. The molecule has 194 valence electrons. The molecule has 0 bridgehead atoms. The number of phosphoric acid groups is 2. The van der Waals surface area contributed by atoms with Crippen molar-refractivity contribution in [1.29, 1.82) is 0 Å². The van der Waals surface area contributed by atoms with E-state index in [4.69, 9.17) is 14.5 Å². The molecule has 4 heterocycles. The SMILES string of the molecule is CC1=NN(C)c2ncnc3c2n1c[n+]3C1OC(CO[P+](O)(O)OP(=O)(O)OP(=O)(O)O)C(O)C1O. The molecule has 2 aliphatic heterocycles. The Hall–Kier alpha value is -1.53. The number of hydrogen-bond donors (Lipinski definition) is 7. The summed E-state index contributed by atoms with van der Waals surface area (Å²) >= 11 is 0. The number of anilines is 1. The minimum atomic E-state index is -5.65. The lowest BCUT2D eigenvalue weighted by Crippen LogP contribution is -2.46. The third-order valence-corrected chi connectivity index (χ3v) is 8.73. The number of ether oxygens (including phenoxy) is 1. The van der Waals surface area contributed by atoms with E-state index in [1.807, 2.05) is 0 Å². The second kappa shape index (κ2) is 9.09. The Morgan fingerprint density at radius 2 is 1.89 bits per heavy atom. The van der Waals surface area contributed by atoms with Gasteiger partial charge in [0.2, 0.25) is 11.7 Å². The van der Waals surface area contributed by atoms with Crippen LogP contribution in [0.3, 0.4) is 0 Å². The molecule has 1 saturated heterocycles. The Kier molecular flexibility index (Phi) is 6.89. The molecule has 1 fully saturated rings. The van der Waals surface area contributed by atoms with Gasteiger partial charge < -0.3 is 24.7 Å². The van der Waals surface area contributed by atoms with Gasteiger partial charge in [0.25, 0.3) is 0 Å². The third-order valence-electron chi connectivity index (χ3n) is 4.90. The van der Waals surface area contributed by atoms with Crippen molar-refractivity contribution in [2.75, 3.05) is 18.7 Å². The number of aliphatic hydroxyl groups is 2. The van der Waals surface area contributed by atoms with Crippen LogP contribution in [0.5, 0.6) is 0 Å². The molecule has 0 amide bonds. The van der Waals surface area contributed by atoms with Crippen LogP contribution >= 0.6 is 23.8 Å². The van der Waals surface area contributed by atoms with Crippen LogP contribution in [0.25, 0.3) is 11.2 Å². The second-order valence-corrected chi connectivity index (χ2v) is 11.9. The van der Waals surface area contributed by atoms with Gasteiger partial charge in [-0.15, -0.1) is 5.10 Å². The van der Waals surface area contributed by atoms with Crippen molar-refractivity contribution in [1.82, 2.24) is 14.5 Å². The fourth-order valence-electron chi connectivity index (χ4n) is 3.56. The minimum absolute atomic E-state index is 0.319. The van der Waals surface area contributed by atoms with E-state index in [0.717, 1.165) is 0 Å². The molecule has 7 N–H and O–H groups in total. The van der Waals surface area contributed by atoms with Crippen molar-refractivity contribution in [2.24, 2.45) is 5.10 Å². The largest absolute Gasteiger partial charge is 0.580 e. The molecule has 0 saturated carbocycles. The smallest absolute Gasteiger partial charge is 0.387 e. The minimum Gasteiger partial charge on any atom is -0.387 e. The third kappa shape index (κ3) is 5.44. The number of aliphatic hydroxyl groups excluding tert-OH is 2. The van der Waals surface area contributed by atoms with Crippen molar-refractivity contribution < 1.29 is 66.3 Å². The van der Waals surface area contributed by atoms with Gasteiger partial charge >= 0.3 is 29.5 Å². The van der Waals surface area contributed by atoms with Crippen LogP contribution in [-0.4, -0.2) is 87.0 Å². The number of rotatable bonds is 8. The Morgan fingerprint density at radius 3 is 2.54 bits per heavy atom. The average molecular weight is 562 g/mol. The lowest BCUT2D eigenvalue weighted by molar-refractivity contribution is -0.745.